The van der Waals surface area contributed by atoms with E-state index in [4.69, 9.17) is 10.6 Å². The lowest BCUT2D eigenvalue weighted by molar-refractivity contribution is 0.414. The molecule has 1 aromatic heterocycles. The van der Waals surface area contributed by atoms with E-state index in [1.807, 2.05) is 18.2 Å². The van der Waals surface area contributed by atoms with Gasteiger partial charge in [0, 0.05) is 11.7 Å². The van der Waals surface area contributed by atoms with Crippen LogP contribution in [0.5, 0.6) is 5.75 Å². The molecule has 0 unspecified atom stereocenters. The first-order valence-corrected chi connectivity index (χ1v) is 8.72. The van der Waals surface area contributed by atoms with E-state index in [0.29, 0.717) is 5.92 Å². The van der Waals surface area contributed by atoms with Crippen LogP contribution in [0, 0.1) is 0 Å². The smallest absolute Gasteiger partial charge is 0.210 e. The van der Waals surface area contributed by atoms with E-state index in [1.165, 1.54) is 37.7 Å². The van der Waals surface area contributed by atoms with Gasteiger partial charge in [0.25, 0.3) is 0 Å². The van der Waals surface area contributed by atoms with E-state index >= 15 is 0 Å². The van der Waals surface area contributed by atoms with Crippen molar-refractivity contribution < 1.29 is 4.74 Å². The highest BCUT2D eigenvalue weighted by Gasteiger charge is 2.22. The van der Waals surface area contributed by atoms with Crippen molar-refractivity contribution in [3.05, 3.63) is 35.7 Å². The van der Waals surface area contributed by atoms with Crippen molar-refractivity contribution in [3.63, 3.8) is 0 Å². The Morgan fingerprint density at radius 3 is 2.86 bits per heavy atom. The van der Waals surface area contributed by atoms with Crippen LogP contribution in [-0.2, 0) is 5.75 Å². The Morgan fingerprint density at radius 1 is 1.27 bits per heavy atom. The van der Waals surface area contributed by atoms with Gasteiger partial charge in [-0.05, 0) is 30.5 Å². The van der Waals surface area contributed by atoms with Crippen LogP contribution in [0.25, 0.3) is 0 Å². The SMILES string of the molecule is COc1cccc(CSc2nnc(C3CCCCC3)n2N)c1. The molecule has 2 N–H and O–H groups in total. The molecule has 1 aromatic carbocycles. The van der Waals surface area contributed by atoms with Gasteiger partial charge in [0.15, 0.2) is 5.82 Å². The zero-order chi connectivity index (χ0) is 15.4. The topological polar surface area (TPSA) is 66.0 Å². The number of nitrogen functional groups attached to an aromatic ring is 1. The molecule has 0 aliphatic heterocycles. The standard InChI is InChI=1S/C16H22N4OS/c1-21-14-9-5-6-12(10-14)11-22-16-19-18-15(20(16)17)13-7-3-2-4-8-13/h5-6,9-10,13H,2-4,7-8,11,17H2,1H3. The number of nitrogens with zero attached hydrogens (tertiary/aromatic N) is 3. The average molecular weight is 318 g/mol. The Labute approximate surface area is 135 Å². The quantitative estimate of drug-likeness (QED) is 0.676. The van der Waals surface area contributed by atoms with Gasteiger partial charge in [-0.25, -0.2) is 4.68 Å². The minimum Gasteiger partial charge on any atom is -0.497 e. The van der Waals surface area contributed by atoms with Crippen LogP contribution < -0.4 is 10.6 Å². The molecule has 1 heterocycles. The molecule has 6 heteroatoms. The van der Waals surface area contributed by atoms with E-state index in [9.17, 15) is 0 Å². The second kappa shape index (κ2) is 7.05. The fraction of sp³-hybridized carbons (Fsp3) is 0.500. The van der Waals surface area contributed by atoms with Crippen molar-refractivity contribution in [1.29, 1.82) is 0 Å². The highest BCUT2D eigenvalue weighted by atomic mass is 32.2. The van der Waals surface area contributed by atoms with Gasteiger partial charge in [0.2, 0.25) is 5.16 Å². The number of nitrogens with two attached hydrogens (primary N) is 1. The Bertz CT molecular complexity index is 622. The molecular formula is C16H22N4OS. The fourth-order valence-electron chi connectivity index (χ4n) is 2.94. The summed E-state index contributed by atoms with van der Waals surface area (Å²) in [7, 11) is 1.68. The molecule has 1 aliphatic rings. The summed E-state index contributed by atoms with van der Waals surface area (Å²) in [5, 5.41) is 9.38. The van der Waals surface area contributed by atoms with E-state index in [1.54, 1.807) is 23.5 Å². The number of thioether (sulfide) groups is 1. The van der Waals surface area contributed by atoms with Gasteiger partial charge in [-0.3, -0.25) is 0 Å². The summed E-state index contributed by atoms with van der Waals surface area (Å²) in [5.74, 6) is 9.28. The number of hydrogen-bond acceptors (Lipinski definition) is 5. The molecule has 5 nitrogen and oxygen atoms in total. The number of ether oxygens (including phenoxy) is 1. The molecule has 0 atom stereocenters. The van der Waals surface area contributed by atoms with E-state index in [2.05, 4.69) is 16.3 Å². The first kappa shape index (κ1) is 15.2. The van der Waals surface area contributed by atoms with Crippen molar-refractivity contribution in [2.75, 3.05) is 13.0 Å². The minimum atomic E-state index is 0.470. The molecular weight excluding hydrogens is 296 g/mol. The van der Waals surface area contributed by atoms with Gasteiger partial charge in [-0.2, -0.15) is 0 Å². The van der Waals surface area contributed by atoms with Crippen molar-refractivity contribution >= 4 is 11.8 Å². The van der Waals surface area contributed by atoms with Gasteiger partial charge in [-0.15, -0.1) is 10.2 Å². The highest BCUT2D eigenvalue weighted by Crippen LogP contribution is 2.32. The van der Waals surface area contributed by atoms with Crippen LogP contribution in [-0.4, -0.2) is 22.0 Å². The summed E-state index contributed by atoms with van der Waals surface area (Å²) < 4.78 is 6.93. The van der Waals surface area contributed by atoms with E-state index < -0.39 is 0 Å². The van der Waals surface area contributed by atoms with Crippen molar-refractivity contribution in [3.8, 4) is 5.75 Å². The van der Waals surface area contributed by atoms with Crippen LogP contribution in [0.1, 0.15) is 49.4 Å². The van der Waals surface area contributed by atoms with Gasteiger partial charge in [0.05, 0.1) is 7.11 Å². The summed E-state index contributed by atoms with van der Waals surface area (Å²) in [6.45, 7) is 0. The predicted octanol–water partition coefficient (Wildman–Crippen LogP) is 3.34. The fourth-order valence-corrected chi connectivity index (χ4v) is 3.74. The maximum absolute atomic E-state index is 6.20. The van der Waals surface area contributed by atoms with Crippen LogP contribution in [0.4, 0.5) is 0 Å². The second-order valence-electron chi connectivity index (χ2n) is 5.69. The van der Waals surface area contributed by atoms with E-state index in [0.717, 1.165) is 22.5 Å². The average Bonchev–Trinajstić information content (AvgIpc) is 2.95. The molecule has 1 saturated carbocycles. The lowest BCUT2D eigenvalue weighted by Gasteiger charge is -2.20. The summed E-state index contributed by atoms with van der Waals surface area (Å²) in [6.07, 6.45) is 6.21. The number of benzene rings is 1. The molecule has 1 fully saturated rings. The Hall–Kier alpha value is -1.69. The summed E-state index contributed by atoms with van der Waals surface area (Å²) >= 11 is 1.61. The number of aromatic nitrogens is 3. The predicted molar refractivity (Wildman–Crippen MR) is 88.6 cm³/mol. The van der Waals surface area contributed by atoms with Gasteiger partial charge >= 0.3 is 0 Å². The molecule has 0 saturated heterocycles. The van der Waals surface area contributed by atoms with Crippen molar-refractivity contribution in [2.24, 2.45) is 0 Å². The third-order valence-corrected chi connectivity index (χ3v) is 5.18. The zero-order valence-corrected chi connectivity index (χ0v) is 13.7. The zero-order valence-electron chi connectivity index (χ0n) is 12.9. The van der Waals surface area contributed by atoms with Crippen molar-refractivity contribution in [2.45, 2.75) is 48.9 Å². The molecule has 1 aliphatic carbocycles. The van der Waals surface area contributed by atoms with Gasteiger partial charge < -0.3 is 10.6 Å². The van der Waals surface area contributed by atoms with Crippen LogP contribution >= 0.6 is 11.8 Å². The first-order valence-electron chi connectivity index (χ1n) is 7.74. The second-order valence-corrected chi connectivity index (χ2v) is 6.63. The normalized spacial score (nSPS) is 15.9. The van der Waals surface area contributed by atoms with Crippen LogP contribution in [0.3, 0.4) is 0 Å². The molecule has 2 aromatic rings. The first-order chi connectivity index (χ1) is 10.8. The summed E-state index contributed by atoms with van der Waals surface area (Å²) in [4.78, 5) is 0. The lowest BCUT2D eigenvalue weighted by Crippen LogP contribution is -2.18. The molecule has 22 heavy (non-hydrogen) atoms. The van der Waals surface area contributed by atoms with Gasteiger partial charge in [-0.1, -0.05) is 43.2 Å². The third kappa shape index (κ3) is 3.38. The molecule has 0 radical (unpaired) electrons. The largest absolute Gasteiger partial charge is 0.497 e. The Kier molecular flexibility index (Phi) is 4.87. The van der Waals surface area contributed by atoms with Crippen molar-refractivity contribution in [1.82, 2.24) is 14.9 Å². The summed E-state index contributed by atoms with van der Waals surface area (Å²) in [5.41, 5.74) is 1.19. The number of hydrogen-bond donors (Lipinski definition) is 1. The summed E-state index contributed by atoms with van der Waals surface area (Å²) in [6, 6.07) is 8.05. The maximum atomic E-state index is 6.20. The van der Waals surface area contributed by atoms with E-state index in [-0.39, 0.29) is 0 Å². The number of rotatable bonds is 5. The molecule has 3 rings (SSSR count). The third-order valence-electron chi connectivity index (χ3n) is 4.16. The molecule has 118 valence electrons. The Morgan fingerprint density at radius 2 is 2.09 bits per heavy atom. The minimum absolute atomic E-state index is 0.470. The lowest BCUT2D eigenvalue weighted by atomic mass is 9.89. The highest BCUT2D eigenvalue weighted by molar-refractivity contribution is 7.98. The monoisotopic (exact) mass is 318 g/mol. The molecule has 0 bridgehead atoms. The van der Waals surface area contributed by atoms with Crippen LogP contribution in [0.2, 0.25) is 0 Å². The molecule has 0 amide bonds. The Balaban J connectivity index is 1.66. The van der Waals surface area contributed by atoms with Crippen LogP contribution in [0.15, 0.2) is 29.4 Å². The molecule has 0 spiro atoms. The maximum Gasteiger partial charge on any atom is 0.210 e. The van der Waals surface area contributed by atoms with Gasteiger partial charge in [0.1, 0.15) is 5.75 Å². The number of methoxy groups -OCH3 is 1.